The summed E-state index contributed by atoms with van der Waals surface area (Å²) in [5, 5.41) is 17.4. The Balaban J connectivity index is 1.71. The number of benzene rings is 2. The molecule has 0 bridgehead atoms. The number of nitrogens with one attached hydrogen (secondary N) is 3. The van der Waals surface area contributed by atoms with Crippen LogP contribution in [0.5, 0.6) is 0 Å². The topological polar surface area (TPSA) is 96.0 Å². The molecule has 3 N–H and O–H groups in total. The van der Waals surface area contributed by atoms with E-state index < -0.39 is 12.1 Å². The zero-order valence-corrected chi connectivity index (χ0v) is 18.1. The molecule has 0 aliphatic rings. The van der Waals surface area contributed by atoms with E-state index in [0.717, 1.165) is 15.6 Å². The quantitative estimate of drug-likeness (QED) is 0.485. The number of rotatable bonds is 7. The highest BCUT2D eigenvalue weighted by atomic mass is 79.9. The van der Waals surface area contributed by atoms with Crippen LogP contribution in [0.4, 0.5) is 9.93 Å². The van der Waals surface area contributed by atoms with Crippen LogP contribution in [-0.4, -0.2) is 34.7 Å². The minimum atomic E-state index is -0.746. The maximum Gasteiger partial charge on any atom is 0.315 e. The van der Waals surface area contributed by atoms with Crippen molar-refractivity contribution in [3.8, 4) is 10.6 Å². The van der Waals surface area contributed by atoms with E-state index in [9.17, 15) is 9.59 Å². The standard InChI is InChI=1S/C20H20BrN5O2S/c1-2-22-19(28)23-16(12-13-6-4-3-5-7-13)17(27)24-20-26-25-18(29-20)14-8-10-15(21)11-9-14/h3-11,16H,2,12H2,1H3,(H2,22,23,28)(H,24,26,27)/t16-/m0/s1. The second-order valence-corrected chi connectivity index (χ2v) is 8.05. The summed E-state index contributed by atoms with van der Waals surface area (Å²) in [7, 11) is 0. The van der Waals surface area contributed by atoms with Crippen molar-refractivity contribution in [3.05, 3.63) is 64.6 Å². The van der Waals surface area contributed by atoms with Gasteiger partial charge in [-0.15, -0.1) is 10.2 Å². The van der Waals surface area contributed by atoms with Gasteiger partial charge >= 0.3 is 6.03 Å². The molecular formula is C20H20BrN5O2S. The monoisotopic (exact) mass is 473 g/mol. The van der Waals surface area contributed by atoms with Crippen molar-refractivity contribution in [1.82, 2.24) is 20.8 Å². The van der Waals surface area contributed by atoms with Crippen LogP contribution >= 0.6 is 27.3 Å². The minimum Gasteiger partial charge on any atom is -0.338 e. The van der Waals surface area contributed by atoms with Crippen molar-refractivity contribution in [3.63, 3.8) is 0 Å². The lowest BCUT2D eigenvalue weighted by molar-refractivity contribution is -0.117. The van der Waals surface area contributed by atoms with Gasteiger partial charge in [0.25, 0.3) is 0 Å². The Labute approximate surface area is 181 Å². The molecule has 1 heterocycles. The average Bonchev–Trinajstić information content (AvgIpc) is 3.17. The zero-order valence-electron chi connectivity index (χ0n) is 15.7. The van der Waals surface area contributed by atoms with Crippen LogP contribution in [-0.2, 0) is 11.2 Å². The molecule has 0 spiro atoms. The number of hydrogen-bond acceptors (Lipinski definition) is 5. The highest BCUT2D eigenvalue weighted by Gasteiger charge is 2.22. The summed E-state index contributed by atoms with van der Waals surface area (Å²) in [5.41, 5.74) is 1.85. The van der Waals surface area contributed by atoms with Gasteiger partial charge in [0.2, 0.25) is 11.0 Å². The second-order valence-electron chi connectivity index (χ2n) is 6.15. The fourth-order valence-corrected chi connectivity index (χ4v) is 3.62. The number of nitrogens with zero attached hydrogens (tertiary/aromatic N) is 2. The van der Waals surface area contributed by atoms with Crippen LogP contribution < -0.4 is 16.0 Å². The Morgan fingerprint density at radius 2 is 1.79 bits per heavy atom. The molecule has 0 aliphatic carbocycles. The molecule has 0 aliphatic heterocycles. The van der Waals surface area contributed by atoms with Gasteiger partial charge < -0.3 is 10.6 Å². The third kappa shape index (κ3) is 6.10. The Morgan fingerprint density at radius 1 is 1.07 bits per heavy atom. The van der Waals surface area contributed by atoms with Crippen LogP contribution in [0.2, 0.25) is 0 Å². The van der Waals surface area contributed by atoms with E-state index in [-0.39, 0.29) is 5.91 Å². The number of carbonyl (C=O) groups is 2. The van der Waals surface area contributed by atoms with Crippen LogP contribution in [0.25, 0.3) is 10.6 Å². The Hall–Kier alpha value is -2.78. The van der Waals surface area contributed by atoms with E-state index in [1.165, 1.54) is 11.3 Å². The number of hydrogen-bond donors (Lipinski definition) is 3. The van der Waals surface area contributed by atoms with Gasteiger partial charge in [-0.1, -0.05) is 69.7 Å². The number of aromatic nitrogens is 2. The molecule has 29 heavy (non-hydrogen) atoms. The first-order valence-electron chi connectivity index (χ1n) is 9.03. The summed E-state index contributed by atoms with van der Waals surface area (Å²) >= 11 is 4.68. The highest BCUT2D eigenvalue weighted by Crippen LogP contribution is 2.27. The van der Waals surface area contributed by atoms with Gasteiger partial charge in [-0.2, -0.15) is 0 Å². The molecule has 9 heteroatoms. The second kappa shape index (κ2) is 10.1. The maximum absolute atomic E-state index is 12.8. The molecular weight excluding hydrogens is 454 g/mol. The third-order valence-electron chi connectivity index (χ3n) is 3.99. The maximum atomic E-state index is 12.8. The average molecular weight is 474 g/mol. The molecule has 3 aromatic rings. The third-order valence-corrected chi connectivity index (χ3v) is 5.40. The lowest BCUT2D eigenvalue weighted by Gasteiger charge is -2.18. The predicted molar refractivity (Wildman–Crippen MR) is 118 cm³/mol. The molecule has 1 atom stereocenters. The van der Waals surface area contributed by atoms with Gasteiger partial charge in [-0.05, 0) is 24.6 Å². The van der Waals surface area contributed by atoms with Crippen molar-refractivity contribution in [2.45, 2.75) is 19.4 Å². The van der Waals surface area contributed by atoms with E-state index in [1.54, 1.807) is 0 Å². The fourth-order valence-electron chi connectivity index (χ4n) is 2.60. The molecule has 7 nitrogen and oxygen atoms in total. The molecule has 0 radical (unpaired) electrons. The van der Waals surface area contributed by atoms with Gasteiger partial charge in [0, 0.05) is 23.0 Å². The number of urea groups is 1. The first-order valence-corrected chi connectivity index (χ1v) is 10.6. The van der Waals surface area contributed by atoms with E-state index in [1.807, 2.05) is 61.5 Å². The zero-order chi connectivity index (χ0) is 20.6. The molecule has 3 rings (SSSR count). The number of anilines is 1. The molecule has 3 amide bonds. The van der Waals surface area contributed by atoms with Crippen molar-refractivity contribution < 1.29 is 9.59 Å². The molecule has 1 aromatic heterocycles. The van der Waals surface area contributed by atoms with Crippen LogP contribution in [0, 0.1) is 0 Å². The summed E-state index contributed by atoms with van der Waals surface area (Å²) in [6, 6.07) is 16.1. The highest BCUT2D eigenvalue weighted by molar-refractivity contribution is 9.10. The minimum absolute atomic E-state index is 0.349. The van der Waals surface area contributed by atoms with E-state index in [4.69, 9.17) is 0 Å². The summed E-state index contributed by atoms with van der Waals surface area (Å²) in [6.45, 7) is 2.29. The SMILES string of the molecule is CCNC(=O)N[C@@H](Cc1ccccc1)C(=O)Nc1nnc(-c2ccc(Br)cc2)s1. The Bertz CT molecular complexity index is 963. The lowest BCUT2D eigenvalue weighted by atomic mass is 10.1. The van der Waals surface area contributed by atoms with Crippen LogP contribution in [0.15, 0.2) is 59.1 Å². The van der Waals surface area contributed by atoms with Gasteiger partial charge in [0.15, 0.2) is 0 Å². The predicted octanol–water partition coefficient (Wildman–Crippen LogP) is 3.84. The number of amides is 3. The smallest absolute Gasteiger partial charge is 0.315 e. The largest absolute Gasteiger partial charge is 0.338 e. The molecule has 0 fully saturated rings. The molecule has 0 unspecified atom stereocenters. The van der Waals surface area contributed by atoms with Crippen molar-refractivity contribution in [2.75, 3.05) is 11.9 Å². The van der Waals surface area contributed by atoms with Gasteiger partial charge in [0.05, 0.1) is 0 Å². The number of halogens is 1. The van der Waals surface area contributed by atoms with E-state index >= 15 is 0 Å². The van der Waals surface area contributed by atoms with Crippen molar-refractivity contribution in [1.29, 1.82) is 0 Å². The number of carbonyl (C=O) groups excluding carboxylic acids is 2. The molecule has 0 saturated carbocycles. The molecule has 0 saturated heterocycles. The van der Waals surface area contributed by atoms with Crippen LogP contribution in [0.3, 0.4) is 0 Å². The summed E-state index contributed by atoms with van der Waals surface area (Å²) in [6.07, 6.45) is 0.363. The normalized spacial score (nSPS) is 11.5. The summed E-state index contributed by atoms with van der Waals surface area (Å²) in [5.74, 6) is -0.349. The summed E-state index contributed by atoms with van der Waals surface area (Å²) < 4.78 is 0.972. The summed E-state index contributed by atoms with van der Waals surface area (Å²) in [4.78, 5) is 24.8. The van der Waals surface area contributed by atoms with E-state index in [0.29, 0.717) is 23.1 Å². The fraction of sp³-hybridized carbons (Fsp3) is 0.200. The first-order chi connectivity index (χ1) is 14.0. The lowest BCUT2D eigenvalue weighted by Crippen LogP contribution is -2.49. The van der Waals surface area contributed by atoms with Crippen LogP contribution in [0.1, 0.15) is 12.5 Å². The van der Waals surface area contributed by atoms with Gasteiger partial charge in [-0.3, -0.25) is 10.1 Å². The van der Waals surface area contributed by atoms with E-state index in [2.05, 4.69) is 42.1 Å². The van der Waals surface area contributed by atoms with Gasteiger partial charge in [-0.25, -0.2) is 4.79 Å². The first kappa shape index (κ1) is 20.9. The van der Waals surface area contributed by atoms with Gasteiger partial charge in [0.1, 0.15) is 11.0 Å². The molecule has 2 aromatic carbocycles. The molecule has 150 valence electrons. The Morgan fingerprint density at radius 3 is 2.48 bits per heavy atom. The van der Waals surface area contributed by atoms with Crippen molar-refractivity contribution in [2.24, 2.45) is 0 Å². The Kier molecular flexibility index (Phi) is 7.31. The van der Waals surface area contributed by atoms with Crippen molar-refractivity contribution >= 4 is 44.3 Å².